The largest absolute Gasteiger partial charge is 0.453 e. The number of carbonyl (C=O) groups excluding carboxylic acids is 4. The Morgan fingerprint density at radius 1 is 0.696 bits per heavy atom. The van der Waals surface area contributed by atoms with E-state index in [9.17, 15) is 19.2 Å². The van der Waals surface area contributed by atoms with Crippen LogP contribution in [-0.2, 0) is 38.3 Å². The molecule has 2 saturated carbocycles. The van der Waals surface area contributed by atoms with Crippen LogP contribution in [0.1, 0.15) is 136 Å². The lowest BCUT2D eigenvalue weighted by atomic mass is 9.84. The second kappa shape index (κ2) is 22.0. The minimum atomic E-state index is -0.687. The smallest absolute Gasteiger partial charge is 0.407 e. The number of likely N-dealkylation sites (tertiary alicyclic amines) is 2. The molecule has 12 rings (SSSR count). The number of hydrogen-bond acceptors (Lipinski definition) is 10. The summed E-state index contributed by atoms with van der Waals surface area (Å²) in [7, 11) is 2.67. The summed E-state index contributed by atoms with van der Waals surface area (Å²) in [5, 5.41) is 5.74. The van der Waals surface area contributed by atoms with E-state index in [1.807, 2.05) is 24.9 Å². The number of nitrogens with one attached hydrogen (secondary N) is 4. The van der Waals surface area contributed by atoms with Crippen LogP contribution in [0.4, 0.5) is 9.59 Å². The third-order valence-electron chi connectivity index (χ3n) is 15.9. The molecule has 4 amide bonds. The standard InChI is InChI=1S/C53H70N8O6S2/c1-31-24-37-26-38(42-29-54-48(56-42)46-27-35-10-6-8-12-44(35)60(46)50(62)40(20-22-68-4)58-52(64)66-2)34(19-16-32-14-17-33(31)18-15-32)25-39(37)43-30-55-49(57-43)47-28-36-11-7-9-13-45(36)61(47)51(63)41(21-23-69-5)59-53(65)67-3/h14-15,17-18,25-26,29-31,35-36,40-41,44-47H,6-13,16,19-24,27-28H2,1-5H3,(H,54,56)(H,55,57)(H,58,64)(H,59,65)/t31-,35?,36?,40+,41+,44?,45?,46+,47+/m1/s1. The maximum atomic E-state index is 14.7. The zero-order valence-electron chi connectivity index (χ0n) is 40.9. The number of amides is 4. The van der Waals surface area contributed by atoms with Gasteiger partial charge in [0.15, 0.2) is 0 Å². The molecular weight excluding hydrogens is 909 g/mol. The zero-order valence-corrected chi connectivity index (χ0v) is 42.5. The van der Waals surface area contributed by atoms with E-state index in [1.165, 1.54) is 36.5 Å². The number of methoxy groups -OCH3 is 2. The predicted octanol–water partition coefficient (Wildman–Crippen LogP) is 9.53. The van der Waals surface area contributed by atoms with Gasteiger partial charge in [-0.1, -0.05) is 56.9 Å². The molecule has 4 bridgehead atoms. The molecule has 6 aliphatic carbocycles. The molecule has 9 atom stereocenters. The van der Waals surface area contributed by atoms with Crippen LogP contribution >= 0.6 is 23.5 Å². The molecule has 8 aliphatic rings. The van der Waals surface area contributed by atoms with Crippen LogP contribution in [0, 0.1) is 11.8 Å². The summed E-state index contributed by atoms with van der Waals surface area (Å²) >= 11 is 3.31. The van der Waals surface area contributed by atoms with Crippen LogP contribution in [0.25, 0.3) is 22.5 Å². The van der Waals surface area contributed by atoms with Crippen molar-refractivity contribution in [2.45, 2.75) is 145 Å². The molecule has 69 heavy (non-hydrogen) atoms. The summed E-state index contributed by atoms with van der Waals surface area (Å²) in [6.45, 7) is 2.29. The molecule has 2 aromatic carbocycles. The first kappa shape index (κ1) is 49.0. The fourth-order valence-corrected chi connectivity index (χ4v) is 13.3. The van der Waals surface area contributed by atoms with Gasteiger partial charge in [0.1, 0.15) is 23.7 Å². The van der Waals surface area contributed by atoms with Crippen molar-refractivity contribution in [1.82, 2.24) is 40.4 Å². The summed E-state index contributed by atoms with van der Waals surface area (Å²) in [5.41, 5.74) is 8.96. The highest BCUT2D eigenvalue weighted by molar-refractivity contribution is 7.98. The van der Waals surface area contributed by atoms with Crippen molar-refractivity contribution in [3.05, 3.63) is 82.7 Å². The third kappa shape index (κ3) is 10.4. The lowest BCUT2D eigenvalue weighted by Gasteiger charge is -2.36. The normalized spacial score (nSPS) is 25.0. The predicted molar refractivity (Wildman–Crippen MR) is 272 cm³/mol. The zero-order chi connectivity index (χ0) is 48.2. The first-order chi connectivity index (χ1) is 33.6. The highest BCUT2D eigenvalue weighted by Crippen LogP contribution is 2.48. The van der Waals surface area contributed by atoms with Gasteiger partial charge in [-0.3, -0.25) is 9.59 Å². The minimum absolute atomic E-state index is 0.0655. The number of aromatic amines is 2. The number of fused-ring (bicyclic) bond motifs is 2. The molecule has 4 heterocycles. The number of benzene rings is 2. The van der Waals surface area contributed by atoms with E-state index in [-0.39, 0.29) is 41.9 Å². The van der Waals surface area contributed by atoms with Crippen LogP contribution < -0.4 is 10.6 Å². The summed E-state index contributed by atoms with van der Waals surface area (Å²) in [5.74, 6) is 3.86. The summed E-state index contributed by atoms with van der Waals surface area (Å²) in [4.78, 5) is 76.3. The summed E-state index contributed by atoms with van der Waals surface area (Å²) in [6, 6.07) is 12.1. The molecule has 14 nitrogen and oxygen atoms in total. The van der Waals surface area contributed by atoms with Crippen molar-refractivity contribution in [1.29, 1.82) is 0 Å². The van der Waals surface area contributed by atoms with E-state index in [0.717, 1.165) is 129 Å². The molecule has 0 spiro atoms. The van der Waals surface area contributed by atoms with E-state index >= 15 is 0 Å². The Balaban J connectivity index is 1.07. The van der Waals surface area contributed by atoms with E-state index in [1.54, 1.807) is 23.5 Å². The van der Waals surface area contributed by atoms with Gasteiger partial charge in [0.2, 0.25) is 11.8 Å². The number of aryl methyl sites for hydroxylation is 2. The molecule has 4 unspecified atom stereocenters. The van der Waals surface area contributed by atoms with Crippen molar-refractivity contribution in [3.8, 4) is 22.5 Å². The Morgan fingerprint density at radius 3 is 1.67 bits per heavy atom. The first-order valence-electron chi connectivity index (χ1n) is 25.2. The number of nitrogens with zero attached hydrogens (tertiary/aromatic N) is 4. The molecule has 0 radical (unpaired) electrons. The van der Waals surface area contributed by atoms with E-state index < -0.39 is 24.3 Å². The summed E-state index contributed by atoms with van der Waals surface area (Å²) < 4.78 is 9.95. The monoisotopic (exact) mass is 978 g/mol. The number of H-pyrrole nitrogens is 2. The number of carbonyl (C=O) groups is 4. The fourth-order valence-electron chi connectivity index (χ4n) is 12.4. The average Bonchev–Trinajstić information content (AvgIpc) is 4.20. The number of alkyl carbamates (subject to hydrolysis) is 2. The van der Waals surface area contributed by atoms with Crippen LogP contribution in [0.2, 0.25) is 0 Å². The summed E-state index contributed by atoms with van der Waals surface area (Å²) in [6.07, 6.45) is 20.3. The Morgan fingerprint density at radius 2 is 1.17 bits per heavy atom. The molecule has 2 saturated heterocycles. The maximum Gasteiger partial charge on any atom is 0.407 e. The van der Waals surface area contributed by atoms with Gasteiger partial charge in [0.05, 0.1) is 50.1 Å². The Hall–Kier alpha value is -4.96. The lowest BCUT2D eigenvalue weighted by Crippen LogP contribution is -2.52. The molecular formula is C53H70N8O6S2. The van der Waals surface area contributed by atoms with Crippen molar-refractivity contribution < 1.29 is 28.7 Å². The number of aromatic nitrogens is 4. The number of imidazole rings is 2. The molecule has 4 N–H and O–H groups in total. The van der Waals surface area contributed by atoms with Crippen LogP contribution in [-0.4, -0.2) is 116 Å². The first-order valence-corrected chi connectivity index (χ1v) is 28.0. The number of ether oxygens (including phenoxy) is 2. The van der Waals surface area contributed by atoms with Gasteiger partial charge >= 0.3 is 12.2 Å². The number of rotatable bonds is 14. The Labute approximate surface area is 415 Å². The minimum Gasteiger partial charge on any atom is -0.453 e. The second-order valence-corrected chi connectivity index (χ2v) is 22.0. The molecule has 2 aromatic heterocycles. The Bertz CT molecular complexity index is 2460. The molecule has 4 fully saturated rings. The number of thioether (sulfide) groups is 2. The van der Waals surface area contributed by atoms with E-state index in [0.29, 0.717) is 24.7 Å². The van der Waals surface area contributed by atoms with Crippen molar-refractivity contribution in [2.75, 3.05) is 38.2 Å². The van der Waals surface area contributed by atoms with Gasteiger partial charge in [-0.05, 0) is 147 Å². The topological polar surface area (TPSA) is 175 Å². The van der Waals surface area contributed by atoms with Crippen molar-refractivity contribution >= 4 is 47.5 Å². The fraction of sp³-hybridized carbons (Fsp3) is 0.585. The van der Waals surface area contributed by atoms with Crippen molar-refractivity contribution in [2.24, 2.45) is 11.8 Å². The number of hydrogen-bond donors (Lipinski definition) is 4. The maximum absolute atomic E-state index is 14.7. The highest BCUT2D eigenvalue weighted by Gasteiger charge is 2.49. The molecule has 370 valence electrons. The second-order valence-electron chi connectivity index (χ2n) is 20.0. The van der Waals surface area contributed by atoms with Gasteiger partial charge < -0.3 is 39.9 Å². The van der Waals surface area contributed by atoms with Gasteiger partial charge in [-0.25, -0.2) is 19.6 Å². The average molecular weight is 979 g/mol. The molecule has 4 aromatic rings. The van der Waals surface area contributed by atoms with Gasteiger partial charge in [-0.2, -0.15) is 23.5 Å². The van der Waals surface area contributed by atoms with Gasteiger partial charge in [0, 0.05) is 23.2 Å². The van der Waals surface area contributed by atoms with Crippen LogP contribution in [0.3, 0.4) is 0 Å². The SMILES string of the molecule is COC(=O)N[C@@H](CCSC)C(=O)N1C2CCCCC2C[C@H]1c1ncc(-c2cc3c(-c4cnc([C@@H]5CC6CCCCC6N5C(=O)[C@H](CCSC)NC(=O)OC)[nH]4)cc2CCc2ccc(cc2)[C@H](C)C3)[nH]1. The molecule has 2 aliphatic heterocycles. The van der Waals surface area contributed by atoms with Crippen molar-refractivity contribution in [3.63, 3.8) is 0 Å². The lowest BCUT2D eigenvalue weighted by molar-refractivity contribution is -0.138. The van der Waals surface area contributed by atoms with E-state index in [4.69, 9.17) is 19.4 Å². The van der Waals surface area contributed by atoms with Gasteiger partial charge in [-0.15, -0.1) is 0 Å². The Kier molecular flexibility index (Phi) is 15.6. The highest BCUT2D eigenvalue weighted by atomic mass is 32.2. The molecule has 16 heteroatoms. The van der Waals surface area contributed by atoms with Crippen LogP contribution in [0.5, 0.6) is 0 Å². The third-order valence-corrected chi connectivity index (χ3v) is 17.2. The van der Waals surface area contributed by atoms with Crippen LogP contribution in [0.15, 0.2) is 48.8 Å². The van der Waals surface area contributed by atoms with E-state index in [2.05, 4.69) is 73.7 Å². The van der Waals surface area contributed by atoms with Gasteiger partial charge in [0.25, 0.3) is 0 Å². The quantitative estimate of drug-likeness (QED) is 0.0953.